The lowest BCUT2D eigenvalue weighted by Crippen LogP contribution is -2.15. The quantitative estimate of drug-likeness (QED) is 0.791. The summed E-state index contributed by atoms with van der Waals surface area (Å²) < 4.78 is 0. The van der Waals surface area contributed by atoms with Crippen LogP contribution in [-0.4, -0.2) is 17.8 Å². The molecule has 0 unspecified atom stereocenters. The predicted molar refractivity (Wildman–Crippen MR) is 75.4 cm³/mol. The van der Waals surface area contributed by atoms with E-state index in [4.69, 9.17) is 0 Å². The zero-order chi connectivity index (χ0) is 13.1. The van der Waals surface area contributed by atoms with Crippen LogP contribution in [0, 0.1) is 6.92 Å². The molecule has 0 aliphatic heterocycles. The summed E-state index contributed by atoms with van der Waals surface area (Å²) in [5, 5.41) is 0.876. The third-order valence-corrected chi connectivity index (χ3v) is 3.92. The van der Waals surface area contributed by atoms with E-state index < -0.39 is 0 Å². The molecule has 0 saturated carbocycles. The van der Waals surface area contributed by atoms with Crippen LogP contribution >= 0.6 is 11.3 Å². The fourth-order valence-corrected chi connectivity index (χ4v) is 2.41. The van der Waals surface area contributed by atoms with E-state index in [0.717, 1.165) is 11.7 Å². The van der Waals surface area contributed by atoms with Crippen molar-refractivity contribution in [3.05, 3.63) is 46.5 Å². The van der Waals surface area contributed by atoms with Crippen molar-refractivity contribution in [3.8, 4) is 0 Å². The molecule has 0 amide bonds. The highest BCUT2D eigenvalue weighted by atomic mass is 32.1. The molecule has 0 aliphatic rings. The van der Waals surface area contributed by atoms with Crippen molar-refractivity contribution in [1.82, 2.24) is 4.98 Å². The standard InChI is InChI=1S/C14H16N2OS/c1-10-4-6-12(7-5-10)9-16(3)14-15-8-13(18-14)11(2)17/h4-8H,9H2,1-3H3. The van der Waals surface area contributed by atoms with Gasteiger partial charge >= 0.3 is 0 Å². The first-order valence-corrected chi connectivity index (χ1v) is 6.61. The largest absolute Gasteiger partial charge is 0.347 e. The van der Waals surface area contributed by atoms with Crippen LogP contribution in [0.1, 0.15) is 27.7 Å². The molecular weight excluding hydrogens is 244 g/mol. The fraction of sp³-hybridized carbons (Fsp3) is 0.286. The lowest BCUT2D eigenvalue weighted by atomic mass is 10.1. The Morgan fingerprint density at radius 1 is 1.33 bits per heavy atom. The summed E-state index contributed by atoms with van der Waals surface area (Å²) in [6.07, 6.45) is 1.65. The second-order valence-electron chi connectivity index (χ2n) is 4.40. The highest BCUT2D eigenvalue weighted by Gasteiger charge is 2.09. The first-order valence-electron chi connectivity index (χ1n) is 5.79. The van der Waals surface area contributed by atoms with Crippen LogP contribution in [0.25, 0.3) is 0 Å². The van der Waals surface area contributed by atoms with Gasteiger partial charge in [0.1, 0.15) is 0 Å². The van der Waals surface area contributed by atoms with Gasteiger partial charge in [0.05, 0.1) is 11.1 Å². The normalized spacial score (nSPS) is 10.4. The topological polar surface area (TPSA) is 33.2 Å². The number of thiazole rings is 1. The molecule has 0 saturated heterocycles. The van der Waals surface area contributed by atoms with E-state index in [1.54, 1.807) is 13.1 Å². The van der Waals surface area contributed by atoms with Crippen molar-refractivity contribution in [3.63, 3.8) is 0 Å². The van der Waals surface area contributed by atoms with Gasteiger partial charge in [-0.3, -0.25) is 4.79 Å². The van der Waals surface area contributed by atoms with Crippen LogP contribution in [0.4, 0.5) is 5.13 Å². The SMILES string of the molecule is CC(=O)c1cnc(N(C)Cc2ccc(C)cc2)s1. The van der Waals surface area contributed by atoms with Gasteiger partial charge in [-0.05, 0) is 12.5 Å². The van der Waals surface area contributed by atoms with Crippen LogP contribution in [0.15, 0.2) is 30.5 Å². The van der Waals surface area contributed by atoms with Crippen molar-refractivity contribution < 1.29 is 4.79 Å². The minimum Gasteiger partial charge on any atom is -0.347 e. The molecule has 0 N–H and O–H groups in total. The summed E-state index contributed by atoms with van der Waals surface area (Å²) in [6, 6.07) is 8.44. The Balaban J connectivity index is 2.09. The molecule has 0 atom stereocenters. The van der Waals surface area contributed by atoms with Gasteiger partial charge in [0, 0.05) is 20.5 Å². The number of aromatic nitrogens is 1. The van der Waals surface area contributed by atoms with Gasteiger partial charge in [-0.25, -0.2) is 4.98 Å². The smallest absolute Gasteiger partial charge is 0.185 e. The van der Waals surface area contributed by atoms with E-state index in [2.05, 4.69) is 41.1 Å². The van der Waals surface area contributed by atoms with E-state index in [0.29, 0.717) is 4.88 Å². The summed E-state index contributed by atoms with van der Waals surface area (Å²) in [5.74, 6) is 0.0717. The first kappa shape index (κ1) is 12.8. The summed E-state index contributed by atoms with van der Waals surface area (Å²) in [7, 11) is 1.99. The molecule has 1 aromatic carbocycles. The number of benzene rings is 1. The van der Waals surface area contributed by atoms with Crippen LogP contribution in [0.3, 0.4) is 0 Å². The molecule has 94 valence electrons. The molecule has 2 aromatic rings. The maximum absolute atomic E-state index is 11.2. The van der Waals surface area contributed by atoms with E-state index in [-0.39, 0.29) is 5.78 Å². The van der Waals surface area contributed by atoms with E-state index in [1.165, 1.54) is 22.5 Å². The van der Waals surface area contributed by atoms with Crippen molar-refractivity contribution in [1.29, 1.82) is 0 Å². The number of carbonyl (C=O) groups excluding carboxylic acids is 1. The maximum atomic E-state index is 11.2. The molecule has 18 heavy (non-hydrogen) atoms. The minimum absolute atomic E-state index is 0.0717. The molecule has 1 heterocycles. The Morgan fingerprint density at radius 3 is 2.56 bits per heavy atom. The van der Waals surface area contributed by atoms with Gasteiger partial charge in [0.2, 0.25) is 0 Å². The Hall–Kier alpha value is -1.68. The number of aryl methyl sites for hydroxylation is 1. The first-order chi connectivity index (χ1) is 8.56. The van der Waals surface area contributed by atoms with Crippen LogP contribution in [0.2, 0.25) is 0 Å². The average Bonchev–Trinajstić information content (AvgIpc) is 2.81. The monoisotopic (exact) mass is 260 g/mol. The maximum Gasteiger partial charge on any atom is 0.185 e. The van der Waals surface area contributed by atoms with E-state index >= 15 is 0 Å². The van der Waals surface area contributed by atoms with Crippen molar-refractivity contribution >= 4 is 22.3 Å². The van der Waals surface area contributed by atoms with Gasteiger partial charge in [-0.2, -0.15) is 0 Å². The van der Waals surface area contributed by atoms with Crippen LogP contribution in [-0.2, 0) is 6.54 Å². The third-order valence-electron chi connectivity index (χ3n) is 2.71. The number of nitrogens with zero attached hydrogens (tertiary/aromatic N) is 2. The number of anilines is 1. The number of Topliss-reactive ketones (excluding diaryl/α,β-unsaturated/α-hetero) is 1. The molecule has 2 rings (SSSR count). The second-order valence-corrected chi connectivity index (χ2v) is 5.41. The van der Waals surface area contributed by atoms with Crippen molar-refractivity contribution in [2.75, 3.05) is 11.9 Å². The van der Waals surface area contributed by atoms with Crippen molar-refractivity contribution in [2.45, 2.75) is 20.4 Å². The molecule has 0 fully saturated rings. The number of carbonyl (C=O) groups is 1. The fourth-order valence-electron chi connectivity index (χ4n) is 1.64. The van der Waals surface area contributed by atoms with E-state index in [9.17, 15) is 4.79 Å². The minimum atomic E-state index is 0.0717. The number of hydrogen-bond acceptors (Lipinski definition) is 4. The van der Waals surface area contributed by atoms with E-state index in [1.807, 2.05) is 7.05 Å². The van der Waals surface area contributed by atoms with Gasteiger partial charge < -0.3 is 4.90 Å². The molecule has 0 spiro atoms. The Kier molecular flexibility index (Phi) is 3.77. The number of ketones is 1. The van der Waals surface area contributed by atoms with Gasteiger partial charge in [0.15, 0.2) is 10.9 Å². The molecule has 4 heteroatoms. The summed E-state index contributed by atoms with van der Waals surface area (Å²) >= 11 is 1.44. The number of rotatable bonds is 4. The Morgan fingerprint density at radius 2 is 2.00 bits per heavy atom. The molecule has 1 aromatic heterocycles. The molecule has 0 aliphatic carbocycles. The lowest BCUT2D eigenvalue weighted by Gasteiger charge is -2.15. The van der Waals surface area contributed by atoms with Gasteiger partial charge in [0.25, 0.3) is 0 Å². The van der Waals surface area contributed by atoms with Crippen LogP contribution in [0.5, 0.6) is 0 Å². The Labute approximate surface area is 111 Å². The second kappa shape index (κ2) is 5.31. The van der Waals surface area contributed by atoms with Crippen molar-refractivity contribution in [2.24, 2.45) is 0 Å². The summed E-state index contributed by atoms with van der Waals surface area (Å²) in [4.78, 5) is 18.3. The zero-order valence-corrected chi connectivity index (χ0v) is 11.6. The summed E-state index contributed by atoms with van der Waals surface area (Å²) in [6.45, 7) is 4.44. The van der Waals surface area contributed by atoms with Crippen LogP contribution < -0.4 is 4.90 Å². The van der Waals surface area contributed by atoms with Gasteiger partial charge in [-0.1, -0.05) is 41.2 Å². The van der Waals surface area contributed by atoms with Gasteiger partial charge in [-0.15, -0.1) is 0 Å². The molecular formula is C14H16N2OS. The zero-order valence-electron chi connectivity index (χ0n) is 10.8. The molecule has 0 radical (unpaired) electrons. The molecule has 3 nitrogen and oxygen atoms in total. The Bertz CT molecular complexity index is 545. The predicted octanol–water partition coefficient (Wildman–Crippen LogP) is 3.29. The number of hydrogen-bond donors (Lipinski definition) is 0. The average molecular weight is 260 g/mol. The summed E-state index contributed by atoms with van der Waals surface area (Å²) in [5.41, 5.74) is 2.50. The highest BCUT2D eigenvalue weighted by molar-refractivity contribution is 7.17. The highest BCUT2D eigenvalue weighted by Crippen LogP contribution is 2.23. The third kappa shape index (κ3) is 2.96. The molecule has 0 bridgehead atoms. The lowest BCUT2D eigenvalue weighted by molar-refractivity contribution is 0.102.